The molecule has 6 heteroatoms. The van der Waals surface area contributed by atoms with Gasteiger partial charge in [-0.05, 0) is 18.6 Å². The lowest BCUT2D eigenvalue weighted by atomic mass is 10.2. The Labute approximate surface area is 91.8 Å². The van der Waals surface area contributed by atoms with E-state index in [4.69, 9.17) is 10.9 Å². The van der Waals surface area contributed by atoms with Crippen LogP contribution in [0.5, 0.6) is 0 Å². The van der Waals surface area contributed by atoms with Crippen LogP contribution in [0.25, 0.3) is 0 Å². The van der Waals surface area contributed by atoms with E-state index in [0.29, 0.717) is 19.4 Å². The van der Waals surface area contributed by atoms with Gasteiger partial charge in [-0.25, -0.2) is 8.78 Å². The number of oxime groups is 1. The van der Waals surface area contributed by atoms with E-state index >= 15 is 0 Å². The Bertz CT molecular complexity index is 382. The van der Waals surface area contributed by atoms with E-state index in [0.717, 1.165) is 6.07 Å². The maximum atomic E-state index is 13.1. The van der Waals surface area contributed by atoms with Crippen molar-refractivity contribution < 1.29 is 14.0 Å². The third-order valence-electron chi connectivity index (χ3n) is 1.98. The van der Waals surface area contributed by atoms with Crippen LogP contribution in [0.1, 0.15) is 12.8 Å². The molecule has 0 aliphatic heterocycles. The van der Waals surface area contributed by atoms with Gasteiger partial charge in [0.1, 0.15) is 17.5 Å². The van der Waals surface area contributed by atoms with Crippen LogP contribution in [0.4, 0.5) is 14.5 Å². The molecule has 0 fully saturated rings. The van der Waals surface area contributed by atoms with Crippen LogP contribution in [-0.4, -0.2) is 17.6 Å². The average molecular weight is 229 g/mol. The topological polar surface area (TPSA) is 70.6 Å². The molecule has 0 bridgehead atoms. The maximum absolute atomic E-state index is 13.1. The second kappa shape index (κ2) is 5.89. The molecule has 0 saturated heterocycles. The van der Waals surface area contributed by atoms with Gasteiger partial charge in [-0.1, -0.05) is 5.16 Å². The van der Waals surface area contributed by atoms with E-state index in [1.807, 2.05) is 0 Å². The van der Waals surface area contributed by atoms with Crippen molar-refractivity contribution in [3.8, 4) is 0 Å². The van der Waals surface area contributed by atoms with Crippen LogP contribution in [0.2, 0.25) is 0 Å². The normalized spacial score (nSPS) is 11.5. The predicted molar refractivity (Wildman–Crippen MR) is 57.5 cm³/mol. The molecule has 0 spiro atoms. The number of nitrogens with one attached hydrogen (secondary N) is 1. The first kappa shape index (κ1) is 12.2. The number of anilines is 1. The summed E-state index contributed by atoms with van der Waals surface area (Å²) in [7, 11) is 0. The van der Waals surface area contributed by atoms with Crippen LogP contribution >= 0.6 is 0 Å². The molecule has 0 radical (unpaired) electrons. The third kappa shape index (κ3) is 3.72. The zero-order valence-electron chi connectivity index (χ0n) is 8.58. The summed E-state index contributed by atoms with van der Waals surface area (Å²) in [5, 5.41) is 13.9. The van der Waals surface area contributed by atoms with Crippen LogP contribution in [0.3, 0.4) is 0 Å². The molecule has 1 aromatic carbocycles. The van der Waals surface area contributed by atoms with Crippen molar-refractivity contribution in [1.82, 2.24) is 0 Å². The van der Waals surface area contributed by atoms with Crippen molar-refractivity contribution >= 4 is 11.5 Å². The van der Waals surface area contributed by atoms with Crippen LogP contribution in [0.15, 0.2) is 23.4 Å². The summed E-state index contributed by atoms with van der Waals surface area (Å²) in [6.45, 7) is 0.457. The fraction of sp³-hybridized carbons (Fsp3) is 0.300. The van der Waals surface area contributed by atoms with Crippen molar-refractivity contribution in [2.45, 2.75) is 12.8 Å². The van der Waals surface area contributed by atoms with E-state index in [-0.39, 0.29) is 11.5 Å². The van der Waals surface area contributed by atoms with Crippen LogP contribution < -0.4 is 11.1 Å². The van der Waals surface area contributed by atoms with Gasteiger partial charge >= 0.3 is 0 Å². The monoisotopic (exact) mass is 229 g/mol. The number of nitrogens with two attached hydrogens (primary N) is 1. The van der Waals surface area contributed by atoms with Gasteiger partial charge in [-0.15, -0.1) is 0 Å². The molecule has 0 amide bonds. The van der Waals surface area contributed by atoms with Gasteiger partial charge in [0.15, 0.2) is 0 Å². The van der Waals surface area contributed by atoms with E-state index < -0.39 is 11.6 Å². The Morgan fingerprint density at radius 2 is 2.19 bits per heavy atom. The maximum Gasteiger partial charge on any atom is 0.149 e. The summed E-state index contributed by atoms with van der Waals surface area (Å²) in [4.78, 5) is 0. The Kier molecular flexibility index (Phi) is 4.50. The standard InChI is InChI=1S/C10H13F2N3O/c11-7-3-4-9(8(12)6-7)14-5-1-2-10(13)15-16/h3-4,6,14,16H,1-2,5H2,(H2,13,15). The molecule has 0 saturated carbocycles. The highest BCUT2D eigenvalue weighted by atomic mass is 19.1. The molecule has 0 atom stereocenters. The second-order valence-electron chi connectivity index (χ2n) is 3.25. The number of hydrogen-bond acceptors (Lipinski definition) is 3. The highest BCUT2D eigenvalue weighted by Crippen LogP contribution is 2.14. The smallest absolute Gasteiger partial charge is 0.149 e. The van der Waals surface area contributed by atoms with Crippen molar-refractivity contribution in [2.24, 2.45) is 10.9 Å². The van der Waals surface area contributed by atoms with Gasteiger partial charge in [0.05, 0.1) is 5.69 Å². The minimum absolute atomic E-state index is 0.126. The Hall–Kier alpha value is -1.85. The molecule has 0 heterocycles. The second-order valence-corrected chi connectivity index (χ2v) is 3.25. The zero-order chi connectivity index (χ0) is 12.0. The molecule has 0 aromatic heterocycles. The highest BCUT2D eigenvalue weighted by Gasteiger charge is 2.02. The lowest BCUT2D eigenvalue weighted by Crippen LogP contribution is -2.13. The van der Waals surface area contributed by atoms with Crippen molar-refractivity contribution in [1.29, 1.82) is 0 Å². The molecule has 88 valence electrons. The van der Waals surface area contributed by atoms with Gasteiger partial charge in [-0.2, -0.15) is 0 Å². The Morgan fingerprint density at radius 3 is 2.81 bits per heavy atom. The number of amidine groups is 1. The molecule has 1 rings (SSSR count). The predicted octanol–water partition coefficient (Wildman–Crippen LogP) is 1.90. The molecular weight excluding hydrogens is 216 g/mol. The zero-order valence-corrected chi connectivity index (χ0v) is 8.58. The average Bonchev–Trinajstić information content (AvgIpc) is 2.26. The molecule has 1 aromatic rings. The van der Waals surface area contributed by atoms with Gasteiger partial charge in [0, 0.05) is 19.0 Å². The molecule has 0 aliphatic rings. The fourth-order valence-corrected chi connectivity index (χ4v) is 1.18. The molecule has 4 nitrogen and oxygen atoms in total. The summed E-state index contributed by atoms with van der Waals surface area (Å²) >= 11 is 0. The molecule has 0 unspecified atom stereocenters. The number of nitrogens with zero attached hydrogens (tertiary/aromatic N) is 1. The Balaban J connectivity index is 2.37. The minimum Gasteiger partial charge on any atom is -0.409 e. The summed E-state index contributed by atoms with van der Waals surface area (Å²) < 4.78 is 25.7. The van der Waals surface area contributed by atoms with Crippen molar-refractivity contribution in [3.63, 3.8) is 0 Å². The SMILES string of the molecule is NC(CCCNc1ccc(F)cc1F)=NO. The highest BCUT2D eigenvalue weighted by molar-refractivity contribution is 5.79. The third-order valence-corrected chi connectivity index (χ3v) is 1.98. The summed E-state index contributed by atoms with van der Waals surface area (Å²) in [6, 6.07) is 3.31. The summed E-state index contributed by atoms with van der Waals surface area (Å²) in [6.07, 6.45) is 0.999. The Morgan fingerprint density at radius 1 is 1.44 bits per heavy atom. The first-order valence-corrected chi connectivity index (χ1v) is 4.79. The van der Waals surface area contributed by atoms with Gasteiger partial charge < -0.3 is 16.3 Å². The van der Waals surface area contributed by atoms with Crippen LogP contribution in [0, 0.1) is 11.6 Å². The molecule has 0 aliphatic carbocycles. The van der Waals surface area contributed by atoms with Gasteiger partial charge in [0.2, 0.25) is 0 Å². The quantitative estimate of drug-likeness (QED) is 0.237. The lowest BCUT2D eigenvalue weighted by Gasteiger charge is -2.06. The minimum atomic E-state index is -0.635. The van der Waals surface area contributed by atoms with E-state index in [2.05, 4.69) is 10.5 Å². The molecule has 4 N–H and O–H groups in total. The number of halogens is 2. The van der Waals surface area contributed by atoms with Crippen molar-refractivity contribution in [2.75, 3.05) is 11.9 Å². The first-order valence-electron chi connectivity index (χ1n) is 4.79. The number of benzene rings is 1. The van der Waals surface area contributed by atoms with Crippen LogP contribution in [-0.2, 0) is 0 Å². The summed E-state index contributed by atoms with van der Waals surface area (Å²) in [5.74, 6) is -1.12. The molecule has 16 heavy (non-hydrogen) atoms. The largest absolute Gasteiger partial charge is 0.409 e. The molecular formula is C10H13F2N3O. The van der Waals surface area contributed by atoms with E-state index in [9.17, 15) is 8.78 Å². The van der Waals surface area contributed by atoms with Gasteiger partial charge in [-0.3, -0.25) is 0 Å². The number of hydrogen-bond donors (Lipinski definition) is 3. The van der Waals surface area contributed by atoms with E-state index in [1.54, 1.807) is 0 Å². The van der Waals surface area contributed by atoms with Gasteiger partial charge in [0.25, 0.3) is 0 Å². The summed E-state index contributed by atoms with van der Waals surface area (Å²) in [5.41, 5.74) is 5.49. The van der Waals surface area contributed by atoms with Crippen molar-refractivity contribution in [3.05, 3.63) is 29.8 Å². The first-order chi connectivity index (χ1) is 7.63. The fourth-order valence-electron chi connectivity index (χ4n) is 1.18. The van der Waals surface area contributed by atoms with E-state index in [1.165, 1.54) is 12.1 Å². The lowest BCUT2D eigenvalue weighted by molar-refractivity contribution is 0.316. The number of rotatable bonds is 5.